The van der Waals surface area contributed by atoms with Crippen molar-refractivity contribution in [3.8, 4) is 22.3 Å². The van der Waals surface area contributed by atoms with E-state index in [0.717, 1.165) is 58.7 Å². The van der Waals surface area contributed by atoms with E-state index < -0.39 is 63.0 Å². The van der Waals surface area contributed by atoms with Gasteiger partial charge in [0.2, 0.25) is 0 Å². The van der Waals surface area contributed by atoms with Gasteiger partial charge < -0.3 is 24.1 Å². The van der Waals surface area contributed by atoms with Gasteiger partial charge >= 0.3 is 0 Å². The molecule has 0 amide bonds. The Kier molecular flexibility index (Phi) is 15.7. The van der Waals surface area contributed by atoms with E-state index in [4.69, 9.17) is 0 Å². The Balaban J connectivity index is 0.000000290. The minimum absolute atomic E-state index is 0. The Hall–Kier alpha value is -3.18. The largest absolute Gasteiger partial charge is 0.411 e. The van der Waals surface area contributed by atoms with Crippen molar-refractivity contribution in [2.45, 2.75) is 43.8 Å². The monoisotopic (exact) mass is 922 g/mol. The summed E-state index contributed by atoms with van der Waals surface area (Å²) in [5, 5.41) is 20.7. The molecule has 4 nitrogen and oxygen atoms in total. The molecule has 0 saturated heterocycles. The zero-order chi connectivity index (χ0) is 39.6. The van der Waals surface area contributed by atoms with E-state index in [1.807, 2.05) is 62.4 Å². The summed E-state index contributed by atoms with van der Waals surface area (Å²) < 4.78 is 101. The quantitative estimate of drug-likeness (QED) is 0.118. The van der Waals surface area contributed by atoms with E-state index >= 15 is 0 Å². The molecule has 2 aromatic heterocycles. The first-order valence-corrected chi connectivity index (χ1v) is 16.5. The number of aliphatic hydroxyl groups is 2. The Morgan fingerprint density at radius 2 is 0.804 bits per heavy atom. The number of pyridine rings is 2. The van der Waals surface area contributed by atoms with Crippen LogP contribution in [0.2, 0.25) is 0 Å². The van der Waals surface area contributed by atoms with Crippen LogP contribution in [0, 0.1) is 52.1 Å². The van der Waals surface area contributed by atoms with Gasteiger partial charge in [0.1, 0.15) is 28.8 Å². The molecule has 286 valence electrons. The van der Waals surface area contributed by atoms with Gasteiger partial charge in [0.15, 0.2) is 0 Å². The summed E-state index contributed by atoms with van der Waals surface area (Å²) in [5.74, 6) is -11.1. The van der Waals surface area contributed by atoms with Crippen LogP contribution in [0.1, 0.15) is 39.2 Å². The molecular formula is C43H35F7N2O2Y2-2. The van der Waals surface area contributed by atoms with Crippen LogP contribution < -0.4 is 0 Å². The molecule has 56 heavy (non-hydrogen) atoms. The Morgan fingerprint density at radius 1 is 0.464 bits per heavy atom. The standard InChI is InChI=1S/C22H19F3NO.C21H16F4NO.2Y/c1-14-4-7-16(8-5-14)17-9-11-20(26-13-17)22(24,25)21(3,27)18-10-6-15(2)12-19(18)23;1-13-3-5-14(6-4-13)15-7-10-19(26-12-15)21(24,25)20(2,27)17-9-8-16(22)11-18(17)23;;/h4-13,27H,3H2,1-2H3;3-12,27H,2H2,1H3;;/q2*-1;;/t21-;20-;;/m10../s1. The van der Waals surface area contributed by atoms with E-state index in [-0.39, 0.29) is 65.4 Å². The second-order valence-electron chi connectivity index (χ2n) is 13.1. The maximum atomic E-state index is 14.9. The molecule has 0 fully saturated rings. The molecule has 0 bridgehead atoms. The molecule has 6 aromatic rings. The maximum absolute atomic E-state index is 14.9. The van der Waals surface area contributed by atoms with E-state index in [2.05, 4.69) is 23.8 Å². The van der Waals surface area contributed by atoms with Gasteiger partial charge in [-0.2, -0.15) is 17.6 Å². The summed E-state index contributed by atoms with van der Waals surface area (Å²) in [7, 11) is 0. The van der Waals surface area contributed by atoms with Crippen LogP contribution in [-0.4, -0.2) is 20.2 Å². The summed E-state index contributed by atoms with van der Waals surface area (Å²) in [6.45, 7) is 11.8. The average Bonchev–Trinajstić information content (AvgIpc) is 3.12. The van der Waals surface area contributed by atoms with E-state index in [0.29, 0.717) is 22.8 Å². The van der Waals surface area contributed by atoms with Crippen LogP contribution in [0.25, 0.3) is 22.3 Å². The summed E-state index contributed by atoms with van der Waals surface area (Å²) in [6, 6.07) is 25.6. The Bertz CT molecular complexity index is 2070. The number of aromatic nitrogens is 2. The number of rotatable bonds is 8. The van der Waals surface area contributed by atoms with E-state index in [1.54, 1.807) is 6.92 Å². The summed E-state index contributed by atoms with van der Waals surface area (Å²) >= 11 is 0. The molecule has 0 unspecified atom stereocenters. The first kappa shape index (κ1) is 47.2. The molecule has 2 atom stereocenters. The summed E-state index contributed by atoms with van der Waals surface area (Å²) in [4.78, 5) is 7.56. The number of benzene rings is 4. The minimum Gasteiger partial charge on any atom is -0.411 e. The molecule has 4 aromatic carbocycles. The number of halogens is 7. The average molecular weight is 923 g/mol. The summed E-state index contributed by atoms with van der Waals surface area (Å²) in [6.07, 6.45) is 2.54. The first-order chi connectivity index (χ1) is 25.3. The third kappa shape index (κ3) is 9.91. The van der Waals surface area contributed by atoms with Crippen molar-refractivity contribution in [1.82, 2.24) is 9.97 Å². The number of hydrogen-bond acceptors (Lipinski definition) is 4. The van der Waals surface area contributed by atoms with Gasteiger partial charge in [-0.15, -0.1) is 0 Å². The fourth-order valence-electron chi connectivity index (χ4n) is 5.54. The zero-order valence-corrected chi connectivity index (χ0v) is 36.2. The fourth-order valence-corrected chi connectivity index (χ4v) is 5.54. The Morgan fingerprint density at radius 3 is 1.14 bits per heavy atom. The molecule has 0 aliphatic heterocycles. The molecule has 13 heteroatoms. The molecule has 0 aliphatic carbocycles. The van der Waals surface area contributed by atoms with Gasteiger partial charge in [0.25, 0.3) is 11.8 Å². The minimum atomic E-state index is -4.02. The van der Waals surface area contributed by atoms with Crippen LogP contribution in [0.4, 0.5) is 30.7 Å². The normalized spacial score (nSPS) is 13.5. The van der Waals surface area contributed by atoms with Gasteiger partial charge in [0, 0.05) is 106 Å². The van der Waals surface area contributed by atoms with Crippen molar-refractivity contribution in [2.75, 3.05) is 0 Å². The first-order valence-electron chi connectivity index (χ1n) is 16.5. The van der Waals surface area contributed by atoms with Crippen LogP contribution in [0.15, 0.2) is 122 Å². The van der Waals surface area contributed by atoms with Gasteiger partial charge in [-0.3, -0.25) is 9.97 Å². The number of alkyl halides is 4. The smallest absolute Gasteiger partial charge is 0.294 e. The van der Waals surface area contributed by atoms with Crippen molar-refractivity contribution in [3.05, 3.63) is 192 Å². The molecule has 0 aliphatic rings. The molecule has 2 heterocycles. The van der Waals surface area contributed by atoms with Crippen molar-refractivity contribution in [2.24, 2.45) is 0 Å². The third-order valence-electron chi connectivity index (χ3n) is 8.93. The number of nitrogens with zero attached hydrogens (tertiary/aromatic N) is 2. The van der Waals surface area contributed by atoms with Gasteiger partial charge in [-0.05, 0) is 72.9 Å². The van der Waals surface area contributed by atoms with Gasteiger partial charge in [-0.25, -0.2) is 13.2 Å². The predicted molar refractivity (Wildman–Crippen MR) is 193 cm³/mol. The molecule has 6 rings (SSSR count). The third-order valence-corrected chi connectivity index (χ3v) is 8.93. The molecule has 0 spiro atoms. The SMILES string of the molecule is [CH2-][C@@](O)(c1ccc(C)cc1F)C(F)(F)c1ccc(-c2ccc(C)cc2)cn1.[CH2-][C@](O)(c1ccc(F)cc1F)C(F)(F)c1ccc(-c2ccc(C)cc2)cn1.[Y].[Y]. The Labute approximate surface area is 371 Å². The topological polar surface area (TPSA) is 66.2 Å². The van der Waals surface area contributed by atoms with Crippen molar-refractivity contribution < 1.29 is 106 Å². The zero-order valence-electron chi connectivity index (χ0n) is 30.6. The van der Waals surface area contributed by atoms with Crippen molar-refractivity contribution >= 4 is 0 Å². The number of hydrogen-bond donors (Lipinski definition) is 2. The van der Waals surface area contributed by atoms with Crippen molar-refractivity contribution in [3.63, 3.8) is 0 Å². The van der Waals surface area contributed by atoms with Crippen LogP contribution in [-0.2, 0) is 88.5 Å². The van der Waals surface area contributed by atoms with Crippen LogP contribution in [0.5, 0.6) is 0 Å². The van der Waals surface area contributed by atoms with Crippen LogP contribution >= 0.6 is 0 Å². The van der Waals surface area contributed by atoms with E-state index in [9.17, 15) is 40.9 Å². The molecular weight excluding hydrogens is 887 g/mol. The number of aryl methyl sites for hydroxylation is 3. The van der Waals surface area contributed by atoms with Crippen molar-refractivity contribution in [1.29, 1.82) is 0 Å². The van der Waals surface area contributed by atoms with Crippen LogP contribution in [0.3, 0.4) is 0 Å². The molecule has 2 radical (unpaired) electrons. The second-order valence-corrected chi connectivity index (χ2v) is 13.1. The molecule has 0 saturated carbocycles. The van der Waals surface area contributed by atoms with Gasteiger partial charge in [0.05, 0.1) is 0 Å². The maximum Gasteiger partial charge on any atom is 0.294 e. The summed E-state index contributed by atoms with van der Waals surface area (Å²) in [5.41, 5.74) is -3.46. The fraction of sp³-hybridized carbons (Fsp3) is 0.163. The second kappa shape index (κ2) is 18.6. The van der Waals surface area contributed by atoms with E-state index in [1.165, 1.54) is 30.6 Å². The molecule has 2 N–H and O–H groups in total. The van der Waals surface area contributed by atoms with Gasteiger partial charge in [-0.1, -0.05) is 90.0 Å². The predicted octanol–water partition coefficient (Wildman–Crippen LogP) is 10.5.